The summed E-state index contributed by atoms with van der Waals surface area (Å²) in [4.78, 5) is 0. The van der Waals surface area contributed by atoms with E-state index in [1.807, 2.05) is 0 Å². The van der Waals surface area contributed by atoms with Crippen LogP contribution in [0.4, 0.5) is 0 Å². The average molecular weight is 692 g/mol. The van der Waals surface area contributed by atoms with Gasteiger partial charge in [-0.1, -0.05) is 25.5 Å². The van der Waals surface area contributed by atoms with E-state index >= 15 is 0 Å². The molecule has 0 saturated carbocycles. The summed E-state index contributed by atoms with van der Waals surface area (Å²) in [6, 6.07) is 0. The fourth-order valence-corrected chi connectivity index (χ4v) is 11.4. The molecule has 272 valence electrons. The van der Waals surface area contributed by atoms with E-state index in [0.717, 1.165) is 12.8 Å². The lowest BCUT2D eigenvalue weighted by molar-refractivity contribution is -0.442. The van der Waals surface area contributed by atoms with Gasteiger partial charge in [0, 0.05) is 29.0 Å². The summed E-state index contributed by atoms with van der Waals surface area (Å²) in [6.07, 6.45) is 7.34. The van der Waals surface area contributed by atoms with Gasteiger partial charge in [-0.25, -0.2) is 4.58 Å². The van der Waals surface area contributed by atoms with Crippen LogP contribution in [-0.2, 0) is 7.05 Å². The molecule has 4 aliphatic rings. The first kappa shape index (κ1) is 36.4. The molecule has 2 nitrogen and oxygen atoms in total. The number of hydrogen-bond donors (Lipinski definition) is 0. The summed E-state index contributed by atoms with van der Waals surface area (Å²) in [5.41, 5.74) is 30.9. The van der Waals surface area contributed by atoms with E-state index in [1.165, 1.54) is 122 Å². The summed E-state index contributed by atoms with van der Waals surface area (Å²) in [7, 11) is 4.64. The quantitative estimate of drug-likeness (QED) is 0.241. The number of allylic oxidation sites excluding steroid dienone is 13. The Kier molecular flexibility index (Phi) is 8.64. The summed E-state index contributed by atoms with van der Waals surface area (Å²) < 4.78 is 5.10. The van der Waals surface area contributed by atoms with Gasteiger partial charge in [-0.15, -0.1) is 0 Å². The first-order valence-electron chi connectivity index (χ1n) is 19.8. The standard InChI is InChI=1S/C50H63N2/c1-23(2)40-38(21-24(3)47-43-34(13)26(5)30(9)41-32(11)28(7)36(15)49(45(41)43)51(47)17)19-20-39(40)22-25(4)48-44-35(14)27(6)31(10)42-33(12)29(8)37(16)50(46(42)44)52(48)18/h21-23,43,45H,19-20H2,1-18H3/q+1. The number of hydrogen-bond acceptors (Lipinski definition) is 0. The SMILES string of the molecule is CC1=C(C)C2=C(C)C(C)=C(C)C3C(/C(C)=C/C4=C(C(C)C)C(=C\C(C)=c5/c6c(C)c(C)c(C)c7c(C)c(C)c(C)c(c76)n5C)/CC4)=[N+](C)C(=C1C)C23. The maximum absolute atomic E-state index is 2.59. The van der Waals surface area contributed by atoms with Crippen LogP contribution in [0.5, 0.6) is 0 Å². The van der Waals surface area contributed by atoms with Crippen LogP contribution in [-0.4, -0.2) is 21.9 Å². The number of benzene rings is 2. The highest BCUT2D eigenvalue weighted by Crippen LogP contribution is 2.54. The van der Waals surface area contributed by atoms with Crippen LogP contribution in [0.1, 0.15) is 115 Å². The van der Waals surface area contributed by atoms with Crippen LogP contribution in [0.3, 0.4) is 0 Å². The molecule has 0 amide bonds. The van der Waals surface area contributed by atoms with Crippen molar-refractivity contribution >= 4 is 33.0 Å². The van der Waals surface area contributed by atoms with Gasteiger partial charge in [0.1, 0.15) is 7.05 Å². The van der Waals surface area contributed by atoms with Gasteiger partial charge in [0.05, 0.1) is 22.7 Å². The third-order valence-corrected chi connectivity index (χ3v) is 14.8. The molecule has 0 radical (unpaired) electrons. The smallest absolute Gasteiger partial charge is 0.193 e. The highest BCUT2D eigenvalue weighted by atomic mass is 15.0. The Morgan fingerprint density at radius 2 is 1.27 bits per heavy atom. The highest BCUT2D eigenvalue weighted by Gasteiger charge is 2.53. The van der Waals surface area contributed by atoms with Crippen LogP contribution in [0, 0.1) is 59.3 Å². The third kappa shape index (κ3) is 4.71. The van der Waals surface area contributed by atoms with Crippen LogP contribution < -0.4 is 5.35 Å². The van der Waals surface area contributed by atoms with Crippen LogP contribution in [0.15, 0.2) is 79.2 Å². The van der Waals surface area contributed by atoms with Crippen molar-refractivity contribution < 1.29 is 4.58 Å². The predicted octanol–water partition coefficient (Wildman–Crippen LogP) is 12.3. The summed E-state index contributed by atoms with van der Waals surface area (Å²) >= 11 is 0. The molecule has 0 bridgehead atoms. The molecule has 0 N–H and O–H groups in total. The predicted molar refractivity (Wildman–Crippen MR) is 226 cm³/mol. The van der Waals surface area contributed by atoms with Gasteiger partial charge in [-0.2, -0.15) is 0 Å². The Bertz CT molecular complexity index is 2500. The first-order chi connectivity index (χ1) is 24.3. The van der Waals surface area contributed by atoms with Crippen LogP contribution in [0.2, 0.25) is 0 Å². The van der Waals surface area contributed by atoms with Crippen molar-refractivity contribution in [2.75, 3.05) is 7.05 Å². The van der Waals surface area contributed by atoms with Crippen molar-refractivity contribution in [2.45, 2.75) is 124 Å². The minimum Gasteiger partial charge on any atom is -0.343 e. The number of nitrogens with zero attached hydrogens (tertiary/aromatic N) is 2. The minimum absolute atomic E-state index is 0.396. The molecule has 3 aliphatic carbocycles. The van der Waals surface area contributed by atoms with E-state index in [1.54, 1.807) is 16.7 Å². The molecule has 2 aromatic carbocycles. The lowest BCUT2D eigenvalue weighted by Gasteiger charge is -2.34. The summed E-state index contributed by atoms with van der Waals surface area (Å²) in [6.45, 7) is 37.7. The van der Waals surface area contributed by atoms with Crippen molar-refractivity contribution in [2.24, 2.45) is 24.8 Å². The van der Waals surface area contributed by atoms with Gasteiger partial charge in [0.2, 0.25) is 0 Å². The molecular weight excluding hydrogens is 629 g/mol. The lowest BCUT2D eigenvalue weighted by atomic mass is 9.65. The van der Waals surface area contributed by atoms with Gasteiger partial charge in [0.25, 0.3) is 0 Å². The molecule has 2 unspecified atom stereocenters. The van der Waals surface area contributed by atoms with E-state index in [4.69, 9.17) is 0 Å². The molecule has 2 heteroatoms. The van der Waals surface area contributed by atoms with Crippen molar-refractivity contribution in [3.63, 3.8) is 0 Å². The van der Waals surface area contributed by atoms with Crippen molar-refractivity contribution in [1.29, 1.82) is 0 Å². The highest BCUT2D eigenvalue weighted by molar-refractivity contribution is 6.16. The van der Waals surface area contributed by atoms with E-state index < -0.39 is 0 Å². The van der Waals surface area contributed by atoms with Crippen molar-refractivity contribution in [3.8, 4) is 0 Å². The molecule has 1 aliphatic heterocycles. The topological polar surface area (TPSA) is 7.94 Å². The molecule has 3 aromatic rings. The number of rotatable bonds is 4. The van der Waals surface area contributed by atoms with Gasteiger partial charge >= 0.3 is 0 Å². The molecule has 7 rings (SSSR count). The lowest BCUT2D eigenvalue weighted by Crippen LogP contribution is -2.29. The van der Waals surface area contributed by atoms with Crippen molar-refractivity contribution in [1.82, 2.24) is 4.57 Å². The monoisotopic (exact) mass is 691 g/mol. The molecule has 2 atom stereocenters. The molecule has 52 heavy (non-hydrogen) atoms. The van der Waals surface area contributed by atoms with E-state index in [0.29, 0.717) is 17.8 Å². The number of aromatic nitrogens is 1. The zero-order chi connectivity index (χ0) is 38.1. The average Bonchev–Trinajstić information content (AvgIpc) is 3.73. The Hall–Kier alpha value is -3.91. The third-order valence-electron chi connectivity index (χ3n) is 14.8. The molecule has 0 spiro atoms. The van der Waals surface area contributed by atoms with Crippen LogP contribution >= 0.6 is 0 Å². The first-order valence-corrected chi connectivity index (χ1v) is 19.8. The zero-order valence-electron chi connectivity index (χ0n) is 35.7. The second-order valence-electron chi connectivity index (χ2n) is 17.4. The van der Waals surface area contributed by atoms with Gasteiger partial charge < -0.3 is 4.57 Å². The normalized spacial score (nSPS) is 22.8. The molecule has 0 fully saturated rings. The van der Waals surface area contributed by atoms with Gasteiger partial charge in [0.15, 0.2) is 11.4 Å². The summed E-state index contributed by atoms with van der Waals surface area (Å²) in [5.74, 6) is 1.27. The Balaban J connectivity index is 1.42. The number of aryl methyl sites for hydroxylation is 5. The zero-order valence-corrected chi connectivity index (χ0v) is 35.7. The van der Waals surface area contributed by atoms with E-state index in [-0.39, 0.29) is 0 Å². The molecule has 1 aromatic heterocycles. The fraction of sp³-hybridized carbons (Fsp3) is 0.460. The second-order valence-corrected chi connectivity index (χ2v) is 17.4. The second kappa shape index (κ2) is 12.3. The van der Waals surface area contributed by atoms with Crippen molar-refractivity contribution in [3.05, 3.63) is 118 Å². The maximum atomic E-state index is 2.59. The van der Waals surface area contributed by atoms with E-state index in [9.17, 15) is 0 Å². The fourth-order valence-electron chi connectivity index (χ4n) is 11.4. The maximum Gasteiger partial charge on any atom is 0.193 e. The Morgan fingerprint density at radius 3 is 1.88 bits per heavy atom. The molecular formula is C50H63N2+. The van der Waals surface area contributed by atoms with Crippen LogP contribution in [0.25, 0.3) is 27.2 Å². The van der Waals surface area contributed by atoms with Gasteiger partial charge in [-0.05, 0) is 211 Å². The van der Waals surface area contributed by atoms with Gasteiger partial charge in [-0.3, -0.25) is 0 Å². The minimum atomic E-state index is 0.396. The Labute approximate surface area is 314 Å². The van der Waals surface area contributed by atoms with E-state index in [2.05, 4.69) is 146 Å². The molecule has 2 heterocycles. The summed E-state index contributed by atoms with van der Waals surface area (Å²) in [5, 5.41) is 5.75. The molecule has 0 saturated heterocycles. The largest absolute Gasteiger partial charge is 0.343 e. The Morgan fingerprint density at radius 1 is 0.673 bits per heavy atom.